The lowest BCUT2D eigenvalue weighted by molar-refractivity contribution is -0.153. The molecule has 1 aliphatic rings. The number of esters is 1. The van der Waals surface area contributed by atoms with Gasteiger partial charge in [-0.3, -0.25) is 4.79 Å². The molecule has 0 spiro atoms. The molecule has 0 amide bonds. The number of rotatable bonds is 2. The van der Waals surface area contributed by atoms with Crippen molar-refractivity contribution in [3.05, 3.63) is 0 Å². The maximum absolute atomic E-state index is 11.3. The van der Waals surface area contributed by atoms with Gasteiger partial charge in [0.25, 0.3) is 0 Å². The third kappa shape index (κ3) is 2.67. The van der Waals surface area contributed by atoms with Crippen LogP contribution in [-0.2, 0) is 9.53 Å². The van der Waals surface area contributed by atoms with E-state index < -0.39 is 6.10 Å². The lowest BCUT2D eigenvalue weighted by Gasteiger charge is -2.30. The van der Waals surface area contributed by atoms with Crippen molar-refractivity contribution in [3.63, 3.8) is 0 Å². The molecule has 2 N–H and O–H groups in total. The van der Waals surface area contributed by atoms with E-state index in [9.17, 15) is 9.90 Å². The molecule has 1 rings (SSSR count). The molecule has 0 radical (unpaired) electrons. The van der Waals surface area contributed by atoms with Crippen LogP contribution in [0.15, 0.2) is 0 Å². The van der Waals surface area contributed by atoms with Crippen molar-refractivity contribution in [3.8, 4) is 0 Å². The van der Waals surface area contributed by atoms with Gasteiger partial charge in [0.2, 0.25) is 0 Å². The normalized spacial score (nSPS) is 34.2. The summed E-state index contributed by atoms with van der Waals surface area (Å²) in [5.41, 5.74) is 0. The van der Waals surface area contributed by atoms with Crippen molar-refractivity contribution in [1.82, 2.24) is 5.32 Å². The minimum Gasteiger partial charge on any atom is -0.466 e. The van der Waals surface area contributed by atoms with Crippen LogP contribution in [0.1, 0.15) is 20.3 Å². The average molecular weight is 187 g/mol. The number of ether oxygens (including phenoxy) is 1. The Morgan fingerprint density at radius 1 is 1.69 bits per heavy atom. The van der Waals surface area contributed by atoms with Crippen LogP contribution in [-0.4, -0.2) is 36.4 Å². The van der Waals surface area contributed by atoms with Crippen LogP contribution in [0.25, 0.3) is 0 Å². The van der Waals surface area contributed by atoms with Gasteiger partial charge < -0.3 is 15.2 Å². The zero-order valence-corrected chi connectivity index (χ0v) is 8.12. The second kappa shape index (κ2) is 4.58. The minimum absolute atomic E-state index is 0.275. The lowest BCUT2D eigenvalue weighted by atomic mass is 9.91. The van der Waals surface area contributed by atoms with Crippen molar-refractivity contribution in [2.45, 2.75) is 32.4 Å². The van der Waals surface area contributed by atoms with Crippen LogP contribution < -0.4 is 5.32 Å². The molecular weight excluding hydrogens is 170 g/mol. The van der Waals surface area contributed by atoms with Crippen LogP contribution >= 0.6 is 0 Å². The topological polar surface area (TPSA) is 58.6 Å². The SMILES string of the molecule is CCOC(=O)C1CC(C)NCC1O. The predicted molar refractivity (Wildman–Crippen MR) is 48.2 cm³/mol. The summed E-state index contributed by atoms with van der Waals surface area (Å²) in [7, 11) is 0. The summed E-state index contributed by atoms with van der Waals surface area (Å²) in [5, 5.41) is 12.6. The first kappa shape index (κ1) is 10.5. The Morgan fingerprint density at radius 2 is 2.38 bits per heavy atom. The zero-order chi connectivity index (χ0) is 9.84. The summed E-state index contributed by atoms with van der Waals surface area (Å²) in [6.45, 7) is 4.63. The number of carbonyl (C=O) groups excluding carboxylic acids is 1. The summed E-state index contributed by atoms with van der Waals surface area (Å²) in [6, 6.07) is 0.276. The van der Waals surface area contributed by atoms with Gasteiger partial charge in [-0.15, -0.1) is 0 Å². The molecule has 0 aromatic carbocycles. The van der Waals surface area contributed by atoms with Crippen LogP contribution in [0.4, 0.5) is 0 Å². The molecule has 13 heavy (non-hydrogen) atoms. The quantitative estimate of drug-likeness (QED) is 0.593. The first-order valence-electron chi connectivity index (χ1n) is 4.73. The highest BCUT2D eigenvalue weighted by atomic mass is 16.5. The van der Waals surface area contributed by atoms with Gasteiger partial charge in [-0.1, -0.05) is 0 Å². The number of carbonyl (C=O) groups is 1. The van der Waals surface area contributed by atoms with Crippen LogP contribution in [0.3, 0.4) is 0 Å². The second-order valence-electron chi connectivity index (χ2n) is 3.47. The molecule has 0 aliphatic carbocycles. The number of hydrogen-bond acceptors (Lipinski definition) is 4. The molecule has 0 aromatic heterocycles. The van der Waals surface area contributed by atoms with Crippen molar-refractivity contribution in [1.29, 1.82) is 0 Å². The molecule has 1 aliphatic heterocycles. The third-order valence-electron chi connectivity index (χ3n) is 2.34. The summed E-state index contributed by atoms with van der Waals surface area (Å²) in [6.07, 6.45) is 0.0512. The van der Waals surface area contributed by atoms with Gasteiger partial charge in [-0.25, -0.2) is 0 Å². The van der Waals surface area contributed by atoms with E-state index in [2.05, 4.69) is 5.32 Å². The van der Waals surface area contributed by atoms with Crippen molar-refractivity contribution < 1.29 is 14.6 Å². The van der Waals surface area contributed by atoms with Crippen molar-refractivity contribution in [2.75, 3.05) is 13.2 Å². The highest BCUT2D eigenvalue weighted by molar-refractivity contribution is 5.73. The van der Waals surface area contributed by atoms with Crippen LogP contribution in [0.5, 0.6) is 0 Å². The summed E-state index contributed by atoms with van der Waals surface area (Å²) >= 11 is 0. The Morgan fingerprint density at radius 3 is 3.00 bits per heavy atom. The molecule has 0 aromatic rings. The molecule has 0 saturated carbocycles. The number of β-amino-alcohol motifs (C(OH)–C–C–N with tert-alkyl or cyclic N) is 1. The van der Waals surface area contributed by atoms with Gasteiger partial charge in [-0.05, 0) is 20.3 Å². The molecule has 1 saturated heterocycles. The summed E-state index contributed by atoms with van der Waals surface area (Å²) in [4.78, 5) is 11.3. The van der Waals surface area contributed by atoms with E-state index in [1.165, 1.54) is 0 Å². The van der Waals surface area contributed by atoms with E-state index >= 15 is 0 Å². The zero-order valence-electron chi connectivity index (χ0n) is 8.12. The maximum Gasteiger partial charge on any atom is 0.311 e. The first-order valence-corrected chi connectivity index (χ1v) is 4.73. The fraction of sp³-hybridized carbons (Fsp3) is 0.889. The van der Waals surface area contributed by atoms with Crippen LogP contribution in [0, 0.1) is 5.92 Å². The Labute approximate surface area is 78.3 Å². The Hall–Kier alpha value is -0.610. The molecule has 1 fully saturated rings. The van der Waals surface area contributed by atoms with E-state index in [-0.39, 0.29) is 17.9 Å². The number of aliphatic hydroxyl groups is 1. The number of aliphatic hydroxyl groups excluding tert-OH is 1. The third-order valence-corrected chi connectivity index (χ3v) is 2.34. The molecule has 3 atom stereocenters. The monoisotopic (exact) mass is 187 g/mol. The highest BCUT2D eigenvalue weighted by Crippen LogP contribution is 2.18. The van der Waals surface area contributed by atoms with Gasteiger partial charge in [0.1, 0.15) is 0 Å². The van der Waals surface area contributed by atoms with Gasteiger partial charge >= 0.3 is 5.97 Å². The summed E-state index contributed by atoms with van der Waals surface area (Å²) < 4.78 is 4.87. The standard InChI is InChI=1S/C9H17NO3/c1-3-13-9(12)7-4-6(2)10-5-8(7)11/h6-8,10-11H,3-5H2,1-2H3. The van der Waals surface area contributed by atoms with E-state index in [0.717, 1.165) is 0 Å². The Balaban J connectivity index is 2.50. The van der Waals surface area contributed by atoms with E-state index in [0.29, 0.717) is 19.6 Å². The van der Waals surface area contributed by atoms with E-state index in [1.54, 1.807) is 6.92 Å². The Kier molecular flexibility index (Phi) is 3.69. The smallest absolute Gasteiger partial charge is 0.311 e. The first-order chi connectivity index (χ1) is 6.15. The lowest BCUT2D eigenvalue weighted by Crippen LogP contribution is -2.48. The largest absolute Gasteiger partial charge is 0.466 e. The molecule has 3 unspecified atom stereocenters. The van der Waals surface area contributed by atoms with Gasteiger partial charge in [0.15, 0.2) is 0 Å². The average Bonchev–Trinajstić information content (AvgIpc) is 2.09. The van der Waals surface area contributed by atoms with E-state index in [4.69, 9.17) is 4.74 Å². The number of nitrogens with one attached hydrogen (secondary N) is 1. The Bertz CT molecular complexity index is 184. The van der Waals surface area contributed by atoms with Gasteiger partial charge in [0.05, 0.1) is 18.6 Å². The van der Waals surface area contributed by atoms with Crippen molar-refractivity contribution >= 4 is 5.97 Å². The summed E-state index contributed by atoms with van der Waals surface area (Å²) in [5.74, 6) is -0.625. The molecule has 1 heterocycles. The minimum atomic E-state index is -0.602. The number of hydrogen-bond donors (Lipinski definition) is 2. The molecule has 4 heteroatoms. The van der Waals surface area contributed by atoms with Crippen LogP contribution in [0.2, 0.25) is 0 Å². The highest BCUT2D eigenvalue weighted by Gasteiger charge is 2.33. The van der Waals surface area contributed by atoms with Gasteiger partial charge in [0, 0.05) is 12.6 Å². The van der Waals surface area contributed by atoms with Gasteiger partial charge in [-0.2, -0.15) is 0 Å². The number of piperidine rings is 1. The molecule has 4 nitrogen and oxygen atoms in total. The molecular formula is C9H17NO3. The molecule has 76 valence electrons. The predicted octanol–water partition coefficient (Wildman–Crippen LogP) is -0.0916. The van der Waals surface area contributed by atoms with Crippen molar-refractivity contribution in [2.24, 2.45) is 5.92 Å². The second-order valence-corrected chi connectivity index (χ2v) is 3.47. The molecule has 0 bridgehead atoms. The maximum atomic E-state index is 11.3. The fourth-order valence-corrected chi connectivity index (χ4v) is 1.59. The fourth-order valence-electron chi connectivity index (χ4n) is 1.59. The van der Waals surface area contributed by atoms with E-state index in [1.807, 2.05) is 6.92 Å².